The number of benzene rings is 1. The van der Waals surface area contributed by atoms with Gasteiger partial charge in [-0.15, -0.1) is 0 Å². The van der Waals surface area contributed by atoms with E-state index in [0.29, 0.717) is 12.8 Å². The summed E-state index contributed by atoms with van der Waals surface area (Å²) in [6.07, 6.45) is 1.12. The van der Waals surface area contributed by atoms with Gasteiger partial charge in [0.1, 0.15) is 11.6 Å². The normalized spacial score (nSPS) is 12.5. The van der Waals surface area contributed by atoms with Crippen molar-refractivity contribution < 1.29 is 19.4 Å². The third-order valence-corrected chi connectivity index (χ3v) is 2.79. The van der Waals surface area contributed by atoms with Gasteiger partial charge in [-0.1, -0.05) is 30.3 Å². The molecule has 2 N–H and O–H groups in total. The van der Waals surface area contributed by atoms with Crippen molar-refractivity contribution in [2.24, 2.45) is 0 Å². The van der Waals surface area contributed by atoms with Crippen LogP contribution in [0.4, 0.5) is 4.79 Å². The van der Waals surface area contributed by atoms with Gasteiger partial charge in [-0.3, -0.25) is 0 Å². The molecule has 0 aromatic heterocycles. The Hall–Kier alpha value is -2.04. The zero-order valence-electron chi connectivity index (χ0n) is 12.8. The van der Waals surface area contributed by atoms with Gasteiger partial charge in [0.25, 0.3) is 0 Å². The summed E-state index contributed by atoms with van der Waals surface area (Å²) in [4.78, 5) is 22.8. The van der Waals surface area contributed by atoms with Gasteiger partial charge in [0.05, 0.1) is 0 Å². The average molecular weight is 293 g/mol. The molecule has 0 unspecified atom stereocenters. The summed E-state index contributed by atoms with van der Waals surface area (Å²) in [5.74, 6) is -1.05. The molecule has 0 fully saturated rings. The highest BCUT2D eigenvalue weighted by molar-refractivity contribution is 5.79. The van der Waals surface area contributed by atoms with Crippen LogP contribution in [0.1, 0.15) is 39.2 Å². The van der Waals surface area contributed by atoms with Crippen LogP contribution in [0.15, 0.2) is 30.3 Å². The Morgan fingerprint density at radius 3 is 2.38 bits per heavy atom. The molecule has 0 aliphatic rings. The molecular formula is C16H23NO4. The van der Waals surface area contributed by atoms with E-state index >= 15 is 0 Å². The zero-order valence-corrected chi connectivity index (χ0v) is 12.8. The van der Waals surface area contributed by atoms with Gasteiger partial charge >= 0.3 is 12.1 Å². The number of carbonyl (C=O) groups excluding carboxylic acids is 1. The molecule has 1 amide bonds. The fraction of sp³-hybridized carbons (Fsp3) is 0.500. The van der Waals surface area contributed by atoms with Crippen LogP contribution in [0.2, 0.25) is 0 Å². The Labute approximate surface area is 125 Å². The number of alkyl carbamates (subject to hydrolysis) is 1. The highest BCUT2D eigenvalue weighted by atomic mass is 16.6. The van der Waals surface area contributed by atoms with Gasteiger partial charge in [0, 0.05) is 0 Å². The van der Waals surface area contributed by atoms with Crippen molar-refractivity contribution in [2.75, 3.05) is 0 Å². The standard InChI is InChI=1S/C16H23NO4/c1-16(2,3)21-15(20)17-13(14(18)19)11-7-10-12-8-5-4-6-9-12/h4-6,8-9,13H,7,10-11H2,1-3H3,(H,17,20)(H,18,19)/t13-/m1/s1. The molecule has 5 heteroatoms. The van der Waals surface area contributed by atoms with Crippen LogP contribution >= 0.6 is 0 Å². The quantitative estimate of drug-likeness (QED) is 0.845. The Morgan fingerprint density at radius 1 is 1.24 bits per heavy atom. The number of amides is 1. The molecule has 1 aromatic carbocycles. The molecule has 1 aromatic rings. The van der Waals surface area contributed by atoms with Crippen molar-refractivity contribution in [1.82, 2.24) is 5.32 Å². The van der Waals surface area contributed by atoms with E-state index in [1.807, 2.05) is 30.3 Å². The molecular weight excluding hydrogens is 270 g/mol. The summed E-state index contributed by atoms with van der Waals surface area (Å²) in [5.41, 5.74) is 0.510. The third-order valence-electron chi connectivity index (χ3n) is 2.79. The van der Waals surface area contributed by atoms with Crippen molar-refractivity contribution in [3.8, 4) is 0 Å². The van der Waals surface area contributed by atoms with E-state index in [9.17, 15) is 9.59 Å². The second kappa shape index (κ2) is 7.67. The predicted octanol–water partition coefficient (Wildman–Crippen LogP) is 2.99. The fourth-order valence-corrected chi connectivity index (χ4v) is 1.86. The highest BCUT2D eigenvalue weighted by Gasteiger charge is 2.23. The molecule has 116 valence electrons. The fourth-order valence-electron chi connectivity index (χ4n) is 1.86. The van der Waals surface area contributed by atoms with E-state index in [1.54, 1.807) is 20.8 Å². The second-order valence-electron chi connectivity index (χ2n) is 5.91. The van der Waals surface area contributed by atoms with Crippen molar-refractivity contribution >= 4 is 12.1 Å². The van der Waals surface area contributed by atoms with E-state index in [1.165, 1.54) is 0 Å². The summed E-state index contributed by atoms with van der Waals surface area (Å²) >= 11 is 0. The lowest BCUT2D eigenvalue weighted by Gasteiger charge is -2.22. The Balaban J connectivity index is 2.43. The van der Waals surface area contributed by atoms with E-state index < -0.39 is 23.7 Å². The molecule has 0 bridgehead atoms. The van der Waals surface area contributed by atoms with Crippen LogP contribution in [-0.2, 0) is 16.0 Å². The summed E-state index contributed by atoms with van der Waals surface area (Å²) in [6.45, 7) is 5.20. The molecule has 0 spiro atoms. The summed E-state index contributed by atoms with van der Waals surface area (Å²) in [5, 5.41) is 11.5. The van der Waals surface area contributed by atoms with Gasteiger partial charge in [-0.05, 0) is 45.6 Å². The first kappa shape index (κ1) is 17.0. The SMILES string of the molecule is CC(C)(C)OC(=O)N[C@H](CCCc1ccccc1)C(=O)O. The van der Waals surface area contributed by atoms with E-state index in [-0.39, 0.29) is 0 Å². The van der Waals surface area contributed by atoms with Crippen molar-refractivity contribution in [2.45, 2.75) is 51.7 Å². The lowest BCUT2D eigenvalue weighted by molar-refractivity contribution is -0.139. The Morgan fingerprint density at radius 2 is 1.86 bits per heavy atom. The van der Waals surface area contributed by atoms with Crippen LogP contribution in [0, 0.1) is 0 Å². The minimum absolute atomic E-state index is 0.365. The second-order valence-corrected chi connectivity index (χ2v) is 5.91. The summed E-state index contributed by atoms with van der Waals surface area (Å²) in [7, 11) is 0. The zero-order chi connectivity index (χ0) is 15.9. The molecule has 21 heavy (non-hydrogen) atoms. The molecule has 1 atom stereocenters. The lowest BCUT2D eigenvalue weighted by Crippen LogP contribution is -2.43. The Kier molecular flexibility index (Phi) is 6.21. The minimum atomic E-state index is -1.05. The molecule has 1 rings (SSSR count). The number of carboxylic acids is 1. The van der Waals surface area contributed by atoms with E-state index in [2.05, 4.69) is 5.32 Å². The topological polar surface area (TPSA) is 75.6 Å². The molecule has 0 aliphatic heterocycles. The number of aryl methyl sites for hydroxylation is 1. The molecule has 0 saturated carbocycles. The molecule has 0 heterocycles. The van der Waals surface area contributed by atoms with E-state index in [0.717, 1.165) is 12.0 Å². The predicted molar refractivity (Wildman–Crippen MR) is 80.2 cm³/mol. The van der Waals surface area contributed by atoms with Gasteiger partial charge in [-0.2, -0.15) is 0 Å². The number of hydrogen-bond acceptors (Lipinski definition) is 3. The van der Waals surface area contributed by atoms with Crippen molar-refractivity contribution in [3.63, 3.8) is 0 Å². The van der Waals surface area contributed by atoms with Crippen molar-refractivity contribution in [1.29, 1.82) is 0 Å². The van der Waals surface area contributed by atoms with E-state index in [4.69, 9.17) is 9.84 Å². The van der Waals surface area contributed by atoms with Crippen LogP contribution in [0.25, 0.3) is 0 Å². The maximum absolute atomic E-state index is 11.6. The number of ether oxygens (including phenoxy) is 1. The number of nitrogens with one attached hydrogen (secondary N) is 1. The van der Waals surface area contributed by atoms with Crippen molar-refractivity contribution in [3.05, 3.63) is 35.9 Å². The first-order valence-corrected chi connectivity index (χ1v) is 7.04. The van der Waals surface area contributed by atoms with Gasteiger partial charge in [0.2, 0.25) is 0 Å². The number of carbonyl (C=O) groups is 2. The first-order chi connectivity index (χ1) is 9.78. The van der Waals surface area contributed by atoms with Crippen LogP contribution in [0.3, 0.4) is 0 Å². The number of carboxylic acid groups (broad SMARTS) is 1. The van der Waals surface area contributed by atoms with Crippen LogP contribution in [-0.4, -0.2) is 28.8 Å². The summed E-state index contributed by atoms with van der Waals surface area (Å²) in [6, 6.07) is 8.90. The first-order valence-electron chi connectivity index (χ1n) is 7.04. The lowest BCUT2D eigenvalue weighted by atomic mass is 10.0. The minimum Gasteiger partial charge on any atom is -0.480 e. The largest absolute Gasteiger partial charge is 0.480 e. The molecule has 5 nitrogen and oxygen atoms in total. The third kappa shape index (κ3) is 7.34. The van der Waals surface area contributed by atoms with Gasteiger partial charge < -0.3 is 15.2 Å². The smallest absolute Gasteiger partial charge is 0.408 e. The average Bonchev–Trinajstić information content (AvgIpc) is 2.36. The molecule has 0 aliphatic carbocycles. The molecule has 0 saturated heterocycles. The van der Waals surface area contributed by atoms with Gasteiger partial charge in [-0.25, -0.2) is 9.59 Å². The number of hydrogen-bond donors (Lipinski definition) is 2. The Bertz CT molecular complexity index is 465. The van der Waals surface area contributed by atoms with Gasteiger partial charge in [0.15, 0.2) is 0 Å². The maximum atomic E-state index is 11.6. The highest BCUT2D eigenvalue weighted by Crippen LogP contribution is 2.09. The maximum Gasteiger partial charge on any atom is 0.408 e. The van der Waals surface area contributed by atoms with Crippen LogP contribution in [0.5, 0.6) is 0 Å². The summed E-state index contributed by atoms with van der Waals surface area (Å²) < 4.78 is 5.07. The number of rotatable bonds is 6. The monoisotopic (exact) mass is 293 g/mol. The molecule has 0 radical (unpaired) electrons. The number of aliphatic carboxylic acids is 1. The van der Waals surface area contributed by atoms with Crippen LogP contribution < -0.4 is 5.32 Å².